The van der Waals surface area contributed by atoms with Gasteiger partial charge in [-0.2, -0.15) is 4.98 Å². The van der Waals surface area contributed by atoms with E-state index in [-0.39, 0.29) is 0 Å². The van der Waals surface area contributed by atoms with Gasteiger partial charge in [-0.05, 0) is 13.3 Å². The molecule has 0 aromatic carbocycles. The van der Waals surface area contributed by atoms with Crippen LogP contribution in [0, 0.1) is 6.92 Å². The van der Waals surface area contributed by atoms with E-state index in [2.05, 4.69) is 15.5 Å². The fourth-order valence-corrected chi connectivity index (χ4v) is 1.32. The summed E-state index contributed by atoms with van der Waals surface area (Å²) >= 11 is 0. The van der Waals surface area contributed by atoms with Crippen molar-refractivity contribution in [2.24, 2.45) is 0 Å². The van der Waals surface area contributed by atoms with E-state index in [9.17, 15) is 4.79 Å². The molecule has 2 N–H and O–H groups in total. The molecule has 0 fully saturated rings. The summed E-state index contributed by atoms with van der Waals surface area (Å²) in [5.74, 6) is 0.355. The molecule has 0 radical (unpaired) electrons. The number of nitrogens with one attached hydrogen (secondary N) is 1. The van der Waals surface area contributed by atoms with Crippen LogP contribution in [0.4, 0.5) is 0 Å². The first-order valence-corrected chi connectivity index (χ1v) is 5.55. The largest absolute Gasteiger partial charge is 0.478 e. The Hall–Kier alpha value is -1.69. The molecule has 94 valence electrons. The summed E-state index contributed by atoms with van der Waals surface area (Å²) in [6.07, 6.45) is 2.85. The SMILES string of the molecule is CCC(=CCNCCc1nc(C)no1)C(=O)O. The molecule has 0 aliphatic heterocycles. The number of hydrogen-bond donors (Lipinski definition) is 2. The average Bonchev–Trinajstić information content (AvgIpc) is 2.69. The van der Waals surface area contributed by atoms with Crippen molar-refractivity contribution in [1.29, 1.82) is 0 Å². The zero-order chi connectivity index (χ0) is 12.7. The second-order valence-corrected chi connectivity index (χ2v) is 3.58. The predicted octanol–water partition coefficient (Wildman–Crippen LogP) is 0.931. The lowest BCUT2D eigenvalue weighted by Crippen LogP contribution is -2.18. The molecule has 0 amide bonds. The van der Waals surface area contributed by atoms with E-state index in [0.29, 0.717) is 43.2 Å². The first kappa shape index (κ1) is 13.4. The Morgan fingerprint density at radius 3 is 2.88 bits per heavy atom. The lowest BCUT2D eigenvalue weighted by molar-refractivity contribution is -0.132. The van der Waals surface area contributed by atoms with Crippen molar-refractivity contribution in [3.8, 4) is 0 Å². The summed E-state index contributed by atoms with van der Waals surface area (Å²) < 4.78 is 4.94. The highest BCUT2D eigenvalue weighted by Gasteiger charge is 2.03. The molecule has 0 bridgehead atoms. The number of aryl methyl sites for hydroxylation is 1. The molecular weight excluding hydrogens is 222 g/mol. The molecule has 0 spiro atoms. The molecule has 17 heavy (non-hydrogen) atoms. The van der Waals surface area contributed by atoms with Gasteiger partial charge < -0.3 is 14.9 Å². The van der Waals surface area contributed by atoms with E-state index in [1.54, 1.807) is 13.0 Å². The second kappa shape index (κ2) is 6.80. The Balaban J connectivity index is 2.22. The number of nitrogens with zero attached hydrogens (tertiary/aromatic N) is 2. The zero-order valence-corrected chi connectivity index (χ0v) is 10.1. The highest BCUT2D eigenvalue weighted by molar-refractivity contribution is 5.86. The number of aromatic nitrogens is 2. The first-order chi connectivity index (χ1) is 8.13. The standard InChI is InChI=1S/C11H17N3O3/c1-3-9(11(15)16)4-6-12-7-5-10-13-8(2)14-17-10/h4,12H,3,5-7H2,1-2H3,(H,15,16). The molecule has 0 saturated heterocycles. The van der Waals surface area contributed by atoms with Gasteiger partial charge in [0.1, 0.15) is 0 Å². The first-order valence-electron chi connectivity index (χ1n) is 5.55. The van der Waals surface area contributed by atoms with Crippen molar-refractivity contribution in [3.63, 3.8) is 0 Å². The zero-order valence-electron chi connectivity index (χ0n) is 10.1. The summed E-state index contributed by atoms with van der Waals surface area (Å²) in [6.45, 7) is 4.79. The Morgan fingerprint density at radius 2 is 2.35 bits per heavy atom. The van der Waals surface area contributed by atoms with Gasteiger partial charge in [0.15, 0.2) is 5.82 Å². The van der Waals surface area contributed by atoms with Gasteiger partial charge in [-0.3, -0.25) is 0 Å². The van der Waals surface area contributed by atoms with Crippen LogP contribution in [0.1, 0.15) is 25.1 Å². The number of hydrogen-bond acceptors (Lipinski definition) is 5. The molecule has 0 aliphatic rings. The lowest BCUT2D eigenvalue weighted by atomic mass is 10.2. The fraction of sp³-hybridized carbons (Fsp3) is 0.545. The van der Waals surface area contributed by atoms with Crippen LogP contribution in [-0.2, 0) is 11.2 Å². The van der Waals surface area contributed by atoms with Gasteiger partial charge in [0.05, 0.1) is 0 Å². The quantitative estimate of drug-likeness (QED) is 0.543. The molecule has 6 heteroatoms. The van der Waals surface area contributed by atoms with Crippen molar-refractivity contribution >= 4 is 5.97 Å². The molecule has 1 aromatic heterocycles. The van der Waals surface area contributed by atoms with Crippen molar-refractivity contribution in [3.05, 3.63) is 23.4 Å². The van der Waals surface area contributed by atoms with Crippen LogP contribution < -0.4 is 5.32 Å². The molecule has 1 heterocycles. The van der Waals surface area contributed by atoms with E-state index in [1.165, 1.54) is 0 Å². The highest BCUT2D eigenvalue weighted by atomic mass is 16.5. The van der Waals surface area contributed by atoms with Crippen molar-refractivity contribution in [1.82, 2.24) is 15.5 Å². The minimum Gasteiger partial charge on any atom is -0.478 e. The third-order valence-electron chi connectivity index (χ3n) is 2.23. The van der Waals surface area contributed by atoms with E-state index < -0.39 is 5.97 Å². The Kier molecular flexibility index (Phi) is 5.35. The van der Waals surface area contributed by atoms with Crippen molar-refractivity contribution in [2.75, 3.05) is 13.1 Å². The van der Waals surface area contributed by atoms with Gasteiger partial charge in [-0.1, -0.05) is 18.2 Å². The fourth-order valence-electron chi connectivity index (χ4n) is 1.32. The summed E-state index contributed by atoms with van der Waals surface area (Å²) in [4.78, 5) is 14.7. The van der Waals surface area contributed by atoms with E-state index in [4.69, 9.17) is 9.63 Å². The Labute approximate surface area is 99.7 Å². The molecule has 0 atom stereocenters. The minimum absolute atomic E-state index is 0.422. The van der Waals surface area contributed by atoms with E-state index >= 15 is 0 Å². The van der Waals surface area contributed by atoms with Gasteiger partial charge in [0.25, 0.3) is 0 Å². The maximum absolute atomic E-state index is 10.7. The van der Waals surface area contributed by atoms with Crippen LogP contribution in [-0.4, -0.2) is 34.3 Å². The number of aliphatic carboxylic acids is 1. The second-order valence-electron chi connectivity index (χ2n) is 3.58. The van der Waals surface area contributed by atoms with Crippen LogP contribution >= 0.6 is 0 Å². The number of carboxylic acids is 1. The average molecular weight is 239 g/mol. The summed E-state index contributed by atoms with van der Waals surface area (Å²) in [7, 11) is 0. The van der Waals surface area contributed by atoms with Gasteiger partial charge in [0, 0.05) is 25.1 Å². The van der Waals surface area contributed by atoms with Crippen molar-refractivity contribution < 1.29 is 14.4 Å². The van der Waals surface area contributed by atoms with Crippen LogP contribution in [0.3, 0.4) is 0 Å². The molecule has 6 nitrogen and oxygen atoms in total. The smallest absolute Gasteiger partial charge is 0.331 e. The summed E-state index contributed by atoms with van der Waals surface area (Å²) in [6, 6.07) is 0. The van der Waals surface area contributed by atoms with Crippen LogP contribution in [0.2, 0.25) is 0 Å². The Morgan fingerprint density at radius 1 is 1.59 bits per heavy atom. The monoisotopic (exact) mass is 239 g/mol. The predicted molar refractivity (Wildman–Crippen MR) is 61.6 cm³/mol. The van der Waals surface area contributed by atoms with Gasteiger partial charge >= 0.3 is 5.97 Å². The molecule has 0 aliphatic carbocycles. The van der Waals surface area contributed by atoms with E-state index in [0.717, 1.165) is 0 Å². The molecular formula is C11H17N3O3. The molecule has 0 unspecified atom stereocenters. The minimum atomic E-state index is -0.859. The maximum atomic E-state index is 10.7. The molecule has 1 rings (SSSR count). The number of rotatable bonds is 7. The van der Waals surface area contributed by atoms with Crippen LogP contribution in [0.25, 0.3) is 0 Å². The topological polar surface area (TPSA) is 88.3 Å². The van der Waals surface area contributed by atoms with Crippen LogP contribution in [0.5, 0.6) is 0 Å². The van der Waals surface area contributed by atoms with E-state index in [1.807, 2.05) is 6.92 Å². The Bertz CT molecular complexity index is 398. The third kappa shape index (κ3) is 4.78. The molecule has 0 saturated carbocycles. The summed E-state index contributed by atoms with van der Waals surface area (Å²) in [5, 5.41) is 15.6. The molecule has 1 aromatic rings. The van der Waals surface area contributed by atoms with Gasteiger partial charge in [-0.25, -0.2) is 4.79 Å². The lowest BCUT2D eigenvalue weighted by Gasteiger charge is -2.00. The van der Waals surface area contributed by atoms with Gasteiger partial charge in [0.2, 0.25) is 5.89 Å². The van der Waals surface area contributed by atoms with Crippen molar-refractivity contribution in [2.45, 2.75) is 26.7 Å². The van der Waals surface area contributed by atoms with Gasteiger partial charge in [-0.15, -0.1) is 0 Å². The highest BCUT2D eigenvalue weighted by Crippen LogP contribution is 1.99. The summed E-state index contributed by atoms with van der Waals surface area (Å²) in [5.41, 5.74) is 0.422. The van der Waals surface area contributed by atoms with Crippen LogP contribution in [0.15, 0.2) is 16.2 Å². The normalized spacial score (nSPS) is 11.8. The number of carboxylic acid groups (broad SMARTS) is 1. The maximum Gasteiger partial charge on any atom is 0.331 e. The number of carbonyl (C=O) groups is 1. The third-order valence-corrected chi connectivity index (χ3v) is 2.23.